The van der Waals surface area contributed by atoms with Crippen LogP contribution in [0.2, 0.25) is 0 Å². The molecule has 0 atom stereocenters. The van der Waals surface area contributed by atoms with Crippen molar-refractivity contribution in [3.05, 3.63) is 83.2 Å². The summed E-state index contributed by atoms with van der Waals surface area (Å²) in [7, 11) is 0. The number of H-pyrrole nitrogens is 2. The highest BCUT2D eigenvalue weighted by molar-refractivity contribution is 5.68. The molecule has 0 bridgehead atoms. The highest BCUT2D eigenvalue weighted by atomic mass is 15.1. The molecule has 124 valence electrons. The van der Waals surface area contributed by atoms with E-state index in [9.17, 15) is 0 Å². The van der Waals surface area contributed by atoms with Crippen LogP contribution in [0.1, 0.15) is 22.5 Å². The van der Waals surface area contributed by atoms with E-state index in [1.54, 1.807) is 0 Å². The van der Waals surface area contributed by atoms with Crippen molar-refractivity contribution in [3.8, 4) is 22.5 Å². The molecule has 25 heavy (non-hydrogen) atoms. The molecule has 2 aromatic carbocycles. The van der Waals surface area contributed by atoms with Crippen LogP contribution in [-0.4, -0.2) is 20.4 Å². The zero-order chi connectivity index (χ0) is 17.2. The third kappa shape index (κ3) is 2.87. The first-order valence-corrected chi connectivity index (χ1v) is 8.42. The van der Waals surface area contributed by atoms with E-state index in [1.165, 1.54) is 11.1 Å². The van der Waals surface area contributed by atoms with E-state index in [0.717, 1.165) is 40.3 Å². The Balaban J connectivity index is 1.78. The molecule has 0 fully saturated rings. The van der Waals surface area contributed by atoms with E-state index in [-0.39, 0.29) is 0 Å². The average molecular weight is 328 g/mol. The van der Waals surface area contributed by atoms with Gasteiger partial charge in [-0.05, 0) is 13.8 Å². The number of hydrogen-bond acceptors (Lipinski definition) is 2. The molecule has 0 amide bonds. The summed E-state index contributed by atoms with van der Waals surface area (Å²) in [6.45, 7) is 4.15. The quantitative estimate of drug-likeness (QED) is 0.572. The minimum atomic E-state index is 0.791. The molecule has 4 aromatic rings. The molecule has 4 nitrogen and oxygen atoms in total. The normalized spacial score (nSPS) is 11.0. The van der Waals surface area contributed by atoms with E-state index >= 15 is 0 Å². The Morgan fingerprint density at radius 1 is 0.640 bits per heavy atom. The van der Waals surface area contributed by atoms with E-state index in [1.807, 2.05) is 36.4 Å². The summed E-state index contributed by atoms with van der Waals surface area (Å²) in [5, 5.41) is 15.4. The first-order valence-electron chi connectivity index (χ1n) is 8.42. The first-order chi connectivity index (χ1) is 12.2. The van der Waals surface area contributed by atoms with Gasteiger partial charge >= 0.3 is 0 Å². The molecule has 0 unspecified atom stereocenters. The predicted molar refractivity (Wildman–Crippen MR) is 100 cm³/mol. The molecule has 2 heterocycles. The van der Waals surface area contributed by atoms with Crippen LogP contribution in [0.25, 0.3) is 22.5 Å². The van der Waals surface area contributed by atoms with Gasteiger partial charge in [-0.15, -0.1) is 0 Å². The van der Waals surface area contributed by atoms with Crippen molar-refractivity contribution >= 4 is 0 Å². The summed E-state index contributed by atoms with van der Waals surface area (Å²) in [6, 6.07) is 20.6. The number of benzene rings is 2. The van der Waals surface area contributed by atoms with Crippen molar-refractivity contribution in [2.45, 2.75) is 20.3 Å². The van der Waals surface area contributed by atoms with Crippen LogP contribution in [-0.2, 0) is 6.42 Å². The molecule has 2 N–H and O–H groups in total. The highest BCUT2D eigenvalue weighted by Crippen LogP contribution is 2.30. The van der Waals surface area contributed by atoms with Crippen molar-refractivity contribution in [2.24, 2.45) is 0 Å². The number of nitrogens with one attached hydrogen (secondary N) is 2. The summed E-state index contributed by atoms with van der Waals surface area (Å²) in [5.41, 5.74) is 8.90. The van der Waals surface area contributed by atoms with Crippen LogP contribution in [0.5, 0.6) is 0 Å². The Hall–Kier alpha value is -3.14. The second-order valence-electron chi connectivity index (χ2n) is 6.26. The van der Waals surface area contributed by atoms with E-state index in [2.05, 4.69) is 58.5 Å². The molecule has 2 aromatic heterocycles. The molecular formula is C21H20N4. The molecular weight excluding hydrogens is 308 g/mol. The third-order valence-electron chi connectivity index (χ3n) is 4.60. The molecule has 0 radical (unpaired) electrons. The molecule has 0 spiro atoms. The van der Waals surface area contributed by atoms with Gasteiger partial charge in [-0.2, -0.15) is 10.2 Å². The Kier molecular flexibility index (Phi) is 3.94. The fourth-order valence-electron chi connectivity index (χ4n) is 3.18. The van der Waals surface area contributed by atoms with Crippen molar-refractivity contribution in [2.75, 3.05) is 0 Å². The molecule has 4 heteroatoms. The Morgan fingerprint density at radius 3 is 1.44 bits per heavy atom. The summed E-state index contributed by atoms with van der Waals surface area (Å²) < 4.78 is 0. The second kappa shape index (κ2) is 6.40. The van der Waals surface area contributed by atoms with Gasteiger partial charge in [-0.1, -0.05) is 60.7 Å². The van der Waals surface area contributed by atoms with E-state index < -0.39 is 0 Å². The number of aryl methyl sites for hydroxylation is 2. The average Bonchev–Trinajstić information content (AvgIpc) is 3.21. The van der Waals surface area contributed by atoms with Crippen LogP contribution in [0.15, 0.2) is 60.7 Å². The summed E-state index contributed by atoms with van der Waals surface area (Å²) in [5.74, 6) is 0. The molecule has 0 saturated heterocycles. The van der Waals surface area contributed by atoms with Crippen LogP contribution in [0.3, 0.4) is 0 Å². The van der Waals surface area contributed by atoms with E-state index in [4.69, 9.17) is 0 Å². The predicted octanol–water partition coefficient (Wildman–Crippen LogP) is 4.67. The van der Waals surface area contributed by atoms with Crippen LogP contribution in [0.4, 0.5) is 0 Å². The number of rotatable bonds is 4. The lowest BCUT2D eigenvalue weighted by molar-refractivity contribution is 1.04. The smallest absolute Gasteiger partial charge is 0.0958 e. The van der Waals surface area contributed by atoms with Crippen LogP contribution >= 0.6 is 0 Å². The highest BCUT2D eigenvalue weighted by Gasteiger charge is 2.18. The minimum Gasteiger partial charge on any atom is -0.282 e. The minimum absolute atomic E-state index is 0.791. The van der Waals surface area contributed by atoms with Gasteiger partial charge in [-0.25, -0.2) is 0 Å². The maximum Gasteiger partial charge on any atom is 0.0958 e. The fourth-order valence-corrected chi connectivity index (χ4v) is 3.18. The lowest BCUT2D eigenvalue weighted by atomic mass is 9.96. The maximum absolute atomic E-state index is 4.54. The molecule has 4 rings (SSSR count). The number of nitrogens with zero attached hydrogens (tertiary/aromatic N) is 2. The lowest BCUT2D eigenvalue weighted by Crippen LogP contribution is -1.95. The zero-order valence-corrected chi connectivity index (χ0v) is 14.4. The van der Waals surface area contributed by atoms with Gasteiger partial charge in [0.05, 0.1) is 11.4 Å². The molecule has 0 aliphatic heterocycles. The van der Waals surface area contributed by atoms with Gasteiger partial charge < -0.3 is 0 Å². The largest absolute Gasteiger partial charge is 0.282 e. The summed E-state index contributed by atoms with van der Waals surface area (Å²) in [6.07, 6.45) is 0.791. The Bertz CT molecular complexity index is 900. The van der Waals surface area contributed by atoms with Crippen LogP contribution < -0.4 is 0 Å². The third-order valence-corrected chi connectivity index (χ3v) is 4.60. The van der Waals surface area contributed by atoms with Gasteiger partial charge in [0.15, 0.2) is 0 Å². The number of aromatic nitrogens is 4. The zero-order valence-electron chi connectivity index (χ0n) is 14.4. The van der Waals surface area contributed by atoms with Gasteiger partial charge in [0, 0.05) is 40.1 Å². The summed E-state index contributed by atoms with van der Waals surface area (Å²) >= 11 is 0. The Morgan fingerprint density at radius 2 is 1.04 bits per heavy atom. The van der Waals surface area contributed by atoms with Gasteiger partial charge in [0.25, 0.3) is 0 Å². The second-order valence-corrected chi connectivity index (χ2v) is 6.26. The van der Waals surface area contributed by atoms with Crippen molar-refractivity contribution in [1.82, 2.24) is 20.4 Å². The lowest BCUT2D eigenvalue weighted by Gasteiger charge is -2.07. The molecule has 0 saturated carbocycles. The van der Waals surface area contributed by atoms with Crippen molar-refractivity contribution in [3.63, 3.8) is 0 Å². The molecule has 0 aliphatic carbocycles. The van der Waals surface area contributed by atoms with E-state index in [0.29, 0.717) is 0 Å². The van der Waals surface area contributed by atoms with Crippen LogP contribution in [0, 0.1) is 13.8 Å². The van der Waals surface area contributed by atoms with Crippen molar-refractivity contribution < 1.29 is 0 Å². The summed E-state index contributed by atoms with van der Waals surface area (Å²) in [4.78, 5) is 0. The first kappa shape index (κ1) is 15.4. The Labute approximate surface area is 146 Å². The van der Waals surface area contributed by atoms with Gasteiger partial charge in [-0.3, -0.25) is 10.2 Å². The van der Waals surface area contributed by atoms with Crippen molar-refractivity contribution in [1.29, 1.82) is 0 Å². The molecule has 0 aliphatic rings. The standard InChI is InChI=1S/C21H20N4/c1-14-18(20(24-22-14)16-9-5-3-6-10-16)13-19-15(2)23-25-21(19)17-11-7-4-8-12-17/h3-12H,13H2,1-2H3,(H,22,24)(H,23,25). The number of aromatic amines is 2. The fraction of sp³-hybridized carbons (Fsp3) is 0.143. The maximum atomic E-state index is 4.54. The number of hydrogen-bond donors (Lipinski definition) is 2. The topological polar surface area (TPSA) is 57.4 Å². The van der Waals surface area contributed by atoms with Gasteiger partial charge in [0.2, 0.25) is 0 Å². The van der Waals surface area contributed by atoms with Gasteiger partial charge in [0.1, 0.15) is 0 Å². The monoisotopic (exact) mass is 328 g/mol. The SMILES string of the molecule is Cc1[nH]nc(-c2ccccc2)c1Cc1c(-c2ccccc2)n[nH]c1C.